The number of carbonyl (C=O) groups is 1. The Hall–Kier alpha value is -2.67. The number of amides is 1. The fraction of sp³-hybridized carbons (Fsp3) is 0.500. The molecular formula is C22H25N3O4. The number of fused-ring (bicyclic) bond motifs is 1. The van der Waals surface area contributed by atoms with Crippen LogP contribution in [-0.2, 0) is 11.3 Å². The van der Waals surface area contributed by atoms with Gasteiger partial charge >= 0.3 is 5.56 Å². The summed E-state index contributed by atoms with van der Waals surface area (Å²) in [6.07, 6.45) is 4.48. The van der Waals surface area contributed by atoms with Gasteiger partial charge in [-0.25, -0.2) is 0 Å². The molecule has 1 aromatic carbocycles. The van der Waals surface area contributed by atoms with Crippen molar-refractivity contribution in [2.24, 2.45) is 5.92 Å². The summed E-state index contributed by atoms with van der Waals surface area (Å²) in [6.45, 7) is 2.06. The Labute approximate surface area is 168 Å². The van der Waals surface area contributed by atoms with Crippen LogP contribution in [0.15, 0.2) is 35.1 Å². The second-order valence-corrected chi connectivity index (χ2v) is 8.25. The Morgan fingerprint density at radius 3 is 2.45 bits per heavy atom. The third kappa shape index (κ3) is 3.04. The van der Waals surface area contributed by atoms with Crippen LogP contribution >= 0.6 is 0 Å². The molecule has 7 heteroatoms. The van der Waals surface area contributed by atoms with Crippen LogP contribution in [0.2, 0.25) is 0 Å². The molecule has 0 spiro atoms. The van der Waals surface area contributed by atoms with Crippen molar-refractivity contribution in [1.29, 1.82) is 0 Å². The van der Waals surface area contributed by atoms with Gasteiger partial charge in [-0.1, -0.05) is 43.2 Å². The highest BCUT2D eigenvalue weighted by Gasteiger charge is 2.39. The summed E-state index contributed by atoms with van der Waals surface area (Å²) in [7, 11) is 0. The minimum Gasteiger partial charge on any atom is -0.501 e. The lowest BCUT2D eigenvalue weighted by Crippen LogP contribution is -2.55. The molecule has 1 atom stereocenters. The standard InChI is InChI=1S/C22H25N3O4/c26-19-18-22(28)24(16-12-29-13-16)10-11-25(18)20(23-21(19)27)17(15-8-4-5-9-15)14-6-2-1-3-7-14/h1-3,6-7,15-17,26H,4-5,8-13H2. The van der Waals surface area contributed by atoms with Crippen molar-refractivity contribution in [2.45, 2.75) is 44.2 Å². The average Bonchev–Trinajstić information content (AvgIpc) is 3.21. The number of rotatable bonds is 4. The van der Waals surface area contributed by atoms with Gasteiger partial charge in [-0.2, -0.15) is 4.98 Å². The lowest BCUT2D eigenvalue weighted by molar-refractivity contribution is -0.0576. The maximum atomic E-state index is 13.2. The molecule has 1 saturated heterocycles. The van der Waals surface area contributed by atoms with Gasteiger partial charge in [0.1, 0.15) is 5.82 Å². The SMILES string of the molecule is O=C1c2c(O)c(=O)nc(C(c3ccccc3)C3CCCC3)n2CCN1C1COC1. The third-order valence-electron chi connectivity index (χ3n) is 6.59. The second kappa shape index (κ2) is 7.30. The number of ether oxygens (including phenoxy) is 1. The molecule has 2 aliphatic heterocycles. The van der Waals surface area contributed by atoms with Gasteiger partial charge < -0.3 is 19.3 Å². The van der Waals surface area contributed by atoms with Crippen LogP contribution in [0.5, 0.6) is 5.75 Å². The molecule has 0 radical (unpaired) electrons. The van der Waals surface area contributed by atoms with E-state index in [1.54, 1.807) is 9.47 Å². The Bertz CT molecular complexity index is 978. The summed E-state index contributed by atoms with van der Waals surface area (Å²) in [5, 5.41) is 10.5. The Morgan fingerprint density at radius 1 is 1.07 bits per heavy atom. The van der Waals surface area contributed by atoms with E-state index in [0.29, 0.717) is 38.0 Å². The Morgan fingerprint density at radius 2 is 1.79 bits per heavy atom. The van der Waals surface area contributed by atoms with Crippen LogP contribution in [0.25, 0.3) is 0 Å². The second-order valence-electron chi connectivity index (χ2n) is 8.25. The van der Waals surface area contributed by atoms with Crippen molar-refractivity contribution < 1.29 is 14.6 Å². The molecule has 29 heavy (non-hydrogen) atoms. The summed E-state index contributed by atoms with van der Waals surface area (Å²) < 4.78 is 7.03. The van der Waals surface area contributed by atoms with Gasteiger partial charge in [0.05, 0.1) is 19.3 Å². The number of benzene rings is 1. The third-order valence-corrected chi connectivity index (χ3v) is 6.59. The molecule has 1 aliphatic carbocycles. The average molecular weight is 395 g/mol. The molecule has 1 amide bonds. The normalized spacial score (nSPS) is 21.1. The van der Waals surface area contributed by atoms with E-state index in [0.717, 1.165) is 31.2 Å². The largest absolute Gasteiger partial charge is 0.501 e. The first-order valence-corrected chi connectivity index (χ1v) is 10.4. The topological polar surface area (TPSA) is 84.7 Å². The highest BCUT2D eigenvalue weighted by atomic mass is 16.5. The lowest BCUT2D eigenvalue weighted by atomic mass is 9.83. The zero-order valence-corrected chi connectivity index (χ0v) is 16.3. The monoisotopic (exact) mass is 395 g/mol. The van der Waals surface area contributed by atoms with Gasteiger partial charge in [0, 0.05) is 19.0 Å². The van der Waals surface area contributed by atoms with E-state index in [1.807, 2.05) is 18.2 Å². The van der Waals surface area contributed by atoms with Crippen LogP contribution < -0.4 is 5.56 Å². The van der Waals surface area contributed by atoms with Crippen LogP contribution in [-0.4, -0.2) is 51.3 Å². The Balaban J connectivity index is 1.65. The van der Waals surface area contributed by atoms with E-state index in [9.17, 15) is 14.7 Å². The number of carbonyl (C=O) groups excluding carboxylic acids is 1. The number of hydrogen-bond donors (Lipinski definition) is 1. The van der Waals surface area contributed by atoms with Crippen molar-refractivity contribution >= 4 is 5.91 Å². The van der Waals surface area contributed by atoms with Crippen LogP contribution in [0.3, 0.4) is 0 Å². The molecule has 3 aliphatic rings. The molecule has 2 aromatic rings. The van der Waals surface area contributed by atoms with Crippen molar-refractivity contribution in [3.05, 3.63) is 57.8 Å². The fourth-order valence-corrected chi connectivity index (χ4v) is 5.02. The highest BCUT2D eigenvalue weighted by molar-refractivity contribution is 5.96. The first-order chi connectivity index (χ1) is 14.1. The molecule has 2 fully saturated rings. The fourth-order valence-electron chi connectivity index (χ4n) is 5.02. The van der Waals surface area contributed by atoms with Crippen LogP contribution in [0.4, 0.5) is 0 Å². The van der Waals surface area contributed by atoms with Gasteiger partial charge in [0.25, 0.3) is 5.91 Å². The van der Waals surface area contributed by atoms with Crippen LogP contribution in [0, 0.1) is 5.92 Å². The summed E-state index contributed by atoms with van der Waals surface area (Å²) in [4.78, 5) is 31.8. The molecule has 152 valence electrons. The lowest BCUT2D eigenvalue weighted by Gasteiger charge is -2.41. The van der Waals surface area contributed by atoms with Crippen LogP contribution in [0.1, 0.15) is 53.5 Å². The summed E-state index contributed by atoms with van der Waals surface area (Å²) in [5.74, 6) is 0.0810. The minimum absolute atomic E-state index is 0.0159. The highest BCUT2D eigenvalue weighted by Crippen LogP contribution is 2.41. The first kappa shape index (κ1) is 18.4. The van der Waals surface area contributed by atoms with E-state index >= 15 is 0 Å². The van der Waals surface area contributed by atoms with Gasteiger partial charge in [0.15, 0.2) is 5.69 Å². The molecule has 1 N–H and O–H groups in total. The summed E-state index contributed by atoms with van der Waals surface area (Å²) in [5.41, 5.74) is 0.469. The summed E-state index contributed by atoms with van der Waals surface area (Å²) in [6, 6.07) is 10.1. The predicted molar refractivity (Wildman–Crippen MR) is 106 cm³/mol. The molecule has 1 aromatic heterocycles. The zero-order chi connectivity index (χ0) is 20.0. The van der Waals surface area contributed by atoms with E-state index in [2.05, 4.69) is 17.1 Å². The zero-order valence-electron chi connectivity index (χ0n) is 16.3. The van der Waals surface area contributed by atoms with E-state index in [1.165, 1.54) is 0 Å². The Kier molecular flexibility index (Phi) is 4.62. The maximum absolute atomic E-state index is 13.2. The maximum Gasteiger partial charge on any atom is 0.315 e. The smallest absolute Gasteiger partial charge is 0.315 e. The number of hydrogen-bond acceptors (Lipinski definition) is 5. The van der Waals surface area contributed by atoms with E-state index in [4.69, 9.17) is 4.74 Å². The summed E-state index contributed by atoms with van der Waals surface area (Å²) >= 11 is 0. The molecular weight excluding hydrogens is 370 g/mol. The van der Waals surface area contributed by atoms with Gasteiger partial charge in [0.2, 0.25) is 5.75 Å². The molecule has 1 saturated carbocycles. The van der Waals surface area contributed by atoms with Crippen molar-refractivity contribution in [2.75, 3.05) is 19.8 Å². The van der Waals surface area contributed by atoms with E-state index < -0.39 is 11.3 Å². The number of aromatic hydroxyl groups is 1. The molecule has 5 rings (SSSR count). The molecule has 0 bridgehead atoms. The molecule has 7 nitrogen and oxygen atoms in total. The number of nitrogens with zero attached hydrogens (tertiary/aromatic N) is 3. The first-order valence-electron chi connectivity index (χ1n) is 10.4. The van der Waals surface area contributed by atoms with Crippen molar-refractivity contribution in [3.63, 3.8) is 0 Å². The molecule has 1 unspecified atom stereocenters. The minimum atomic E-state index is -0.717. The van der Waals surface area contributed by atoms with Crippen molar-refractivity contribution in [1.82, 2.24) is 14.5 Å². The van der Waals surface area contributed by atoms with Crippen molar-refractivity contribution in [3.8, 4) is 5.75 Å². The number of aromatic nitrogens is 2. The predicted octanol–water partition coefficient (Wildman–Crippen LogP) is 2.13. The van der Waals surface area contributed by atoms with Gasteiger partial charge in [-0.3, -0.25) is 9.59 Å². The quantitative estimate of drug-likeness (QED) is 0.857. The van der Waals surface area contributed by atoms with Gasteiger partial charge in [-0.15, -0.1) is 0 Å². The van der Waals surface area contributed by atoms with E-state index in [-0.39, 0.29) is 23.6 Å². The molecule has 3 heterocycles. The van der Waals surface area contributed by atoms with Gasteiger partial charge in [-0.05, 0) is 24.3 Å².